The van der Waals surface area contributed by atoms with Gasteiger partial charge in [0, 0.05) is 23.3 Å². The van der Waals surface area contributed by atoms with Gasteiger partial charge >= 0.3 is 0 Å². The van der Waals surface area contributed by atoms with Gasteiger partial charge in [-0.25, -0.2) is 0 Å². The molecule has 110 valence electrons. The highest BCUT2D eigenvalue weighted by molar-refractivity contribution is 6.30. The molecule has 21 heavy (non-hydrogen) atoms. The molecule has 0 bridgehead atoms. The Hall–Kier alpha value is -1.51. The van der Waals surface area contributed by atoms with Crippen molar-refractivity contribution in [2.75, 3.05) is 19.4 Å². The van der Waals surface area contributed by atoms with Gasteiger partial charge in [-0.05, 0) is 67.9 Å². The third-order valence-electron chi connectivity index (χ3n) is 3.90. The molecule has 0 amide bonds. The zero-order chi connectivity index (χ0) is 14.8. The Labute approximate surface area is 131 Å². The molecule has 1 aliphatic rings. The van der Waals surface area contributed by atoms with Crippen molar-refractivity contribution in [1.82, 2.24) is 4.90 Å². The van der Waals surface area contributed by atoms with Gasteiger partial charge in [0.25, 0.3) is 0 Å². The summed E-state index contributed by atoms with van der Waals surface area (Å²) in [6.45, 7) is 0.968. The van der Waals surface area contributed by atoms with Gasteiger partial charge in [-0.3, -0.25) is 0 Å². The van der Waals surface area contributed by atoms with Crippen LogP contribution in [-0.2, 0) is 19.4 Å². The molecule has 2 aromatic carbocycles. The smallest absolute Gasteiger partial charge is 0.0408 e. The molecule has 1 atom stereocenters. The van der Waals surface area contributed by atoms with Crippen LogP contribution < -0.4 is 5.32 Å². The maximum atomic E-state index is 6.08. The van der Waals surface area contributed by atoms with Crippen LogP contribution in [0.3, 0.4) is 0 Å². The third-order valence-corrected chi connectivity index (χ3v) is 4.13. The second kappa shape index (κ2) is 6.08. The predicted molar refractivity (Wildman–Crippen MR) is 90.1 cm³/mol. The molecule has 3 heteroatoms. The van der Waals surface area contributed by atoms with E-state index in [0.29, 0.717) is 6.04 Å². The molecule has 0 saturated carbocycles. The van der Waals surface area contributed by atoms with Crippen LogP contribution in [0.1, 0.15) is 16.7 Å². The highest BCUT2D eigenvalue weighted by Crippen LogP contribution is 2.27. The van der Waals surface area contributed by atoms with Crippen LogP contribution in [0.2, 0.25) is 5.02 Å². The number of fused-ring (bicyclic) bond motifs is 1. The Balaban J connectivity index is 1.68. The maximum absolute atomic E-state index is 6.08. The van der Waals surface area contributed by atoms with Crippen molar-refractivity contribution in [3.63, 3.8) is 0 Å². The molecular formula is C18H21ClN2. The molecule has 2 nitrogen and oxygen atoms in total. The molecule has 1 unspecified atom stereocenters. The lowest BCUT2D eigenvalue weighted by atomic mass is 10.1. The lowest BCUT2D eigenvalue weighted by molar-refractivity contribution is 0.402. The highest BCUT2D eigenvalue weighted by atomic mass is 35.5. The fourth-order valence-electron chi connectivity index (χ4n) is 3.05. The predicted octanol–water partition coefficient (Wildman–Crippen LogP) is 3.98. The first-order chi connectivity index (χ1) is 10.1. The minimum atomic E-state index is 0.466. The first kappa shape index (κ1) is 14.4. The summed E-state index contributed by atoms with van der Waals surface area (Å²) in [6, 6.07) is 15.4. The molecule has 3 rings (SSSR count). The summed E-state index contributed by atoms with van der Waals surface area (Å²) in [6.07, 6.45) is 2.12. The first-order valence-electron chi connectivity index (χ1n) is 7.37. The van der Waals surface area contributed by atoms with E-state index < -0.39 is 0 Å². The summed E-state index contributed by atoms with van der Waals surface area (Å²) < 4.78 is 0. The Bertz CT molecular complexity index is 637. The molecule has 0 heterocycles. The van der Waals surface area contributed by atoms with Gasteiger partial charge in [0.2, 0.25) is 0 Å². The lowest BCUT2D eigenvalue weighted by Crippen LogP contribution is -2.19. The van der Waals surface area contributed by atoms with Gasteiger partial charge in [-0.2, -0.15) is 0 Å². The van der Waals surface area contributed by atoms with Gasteiger partial charge < -0.3 is 10.2 Å². The molecule has 0 aliphatic heterocycles. The normalized spacial score (nSPS) is 17.0. The first-order valence-corrected chi connectivity index (χ1v) is 7.75. The van der Waals surface area contributed by atoms with E-state index in [0.717, 1.165) is 24.4 Å². The third kappa shape index (κ3) is 3.58. The number of benzene rings is 2. The van der Waals surface area contributed by atoms with E-state index in [2.05, 4.69) is 60.7 Å². The molecular weight excluding hydrogens is 280 g/mol. The summed E-state index contributed by atoms with van der Waals surface area (Å²) >= 11 is 6.08. The summed E-state index contributed by atoms with van der Waals surface area (Å²) in [5.74, 6) is 0. The second-order valence-corrected chi connectivity index (χ2v) is 6.54. The van der Waals surface area contributed by atoms with Crippen LogP contribution in [0.15, 0.2) is 42.5 Å². The zero-order valence-corrected chi connectivity index (χ0v) is 13.3. The van der Waals surface area contributed by atoms with Crippen molar-refractivity contribution < 1.29 is 0 Å². The van der Waals surface area contributed by atoms with Crippen molar-refractivity contribution in [3.05, 3.63) is 64.2 Å². The van der Waals surface area contributed by atoms with Crippen molar-refractivity contribution in [3.8, 4) is 0 Å². The molecule has 2 aromatic rings. The van der Waals surface area contributed by atoms with E-state index in [1.165, 1.54) is 22.4 Å². The number of anilines is 1. The van der Waals surface area contributed by atoms with Crippen LogP contribution in [-0.4, -0.2) is 25.0 Å². The van der Waals surface area contributed by atoms with Gasteiger partial charge in [0.05, 0.1) is 0 Å². The van der Waals surface area contributed by atoms with Gasteiger partial charge in [-0.15, -0.1) is 0 Å². The average Bonchev–Trinajstić information content (AvgIpc) is 2.79. The minimum Gasteiger partial charge on any atom is -0.382 e. The van der Waals surface area contributed by atoms with E-state index in [4.69, 9.17) is 11.6 Å². The van der Waals surface area contributed by atoms with E-state index in [1.54, 1.807) is 0 Å². The van der Waals surface area contributed by atoms with E-state index >= 15 is 0 Å². The summed E-state index contributed by atoms with van der Waals surface area (Å²) in [4.78, 5) is 2.19. The number of nitrogens with zero attached hydrogens (tertiary/aromatic N) is 1. The molecule has 1 N–H and O–H groups in total. The molecule has 0 aromatic heterocycles. The second-order valence-electron chi connectivity index (χ2n) is 6.10. The number of rotatable bonds is 4. The summed E-state index contributed by atoms with van der Waals surface area (Å²) in [5.41, 5.74) is 5.34. The van der Waals surface area contributed by atoms with E-state index in [1.807, 2.05) is 6.07 Å². The molecule has 0 radical (unpaired) electrons. The number of halogens is 1. The van der Waals surface area contributed by atoms with Crippen molar-refractivity contribution in [2.45, 2.75) is 25.4 Å². The number of nitrogens with one attached hydrogen (secondary N) is 1. The topological polar surface area (TPSA) is 15.3 Å². The van der Waals surface area contributed by atoms with E-state index in [-0.39, 0.29) is 0 Å². The highest BCUT2D eigenvalue weighted by Gasteiger charge is 2.21. The fourth-order valence-corrected chi connectivity index (χ4v) is 3.24. The van der Waals surface area contributed by atoms with Crippen LogP contribution >= 0.6 is 11.6 Å². The number of hydrogen-bond donors (Lipinski definition) is 1. The SMILES string of the molecule is CN(C)Cc1cccc(NC2Cc3ccc(Cl)cc3C2)c1. The fraction of sp³-hybridized carbons (Fsp3) is 0.333. The Morgan fingerprint density at radius 1 is 1.10 bits per heavy atom. The maximum Gasteiger partial charge on any atom is 0.0408 e. The summed E-state index contributed by atoms with van der Waals surface area (Å²) in [5, 5.41) is 4.49. The Kier molecular flexibility index (Phi) is 4.18. The average molecular weight is 301 g/mol. The quantitative estimate of drug-likeness (QED) is 0.919. The molecule has 0 spiro atoms. The largest absolute Gasteiger partial charge is 0.382 e. The van der Waals surface area contributed by atoms with Gasteiger partial charge in [0.15, 0.2) is 0 Å². The van der Waals surface area contributed by atoms with Crippen molar-refractivity contribution in [1.29, 1.82) is 0 Å². The monoisotopic (exact) mass is 300 g/mol. The minimum absolute atomic E-state index is 0.466. The van der Waals surface area contributed by atoms with Gasteiger partial charge in [-0.1, -0.05) is 29.8 Å². The summed E-state index contributed by atoms with van der Waals surface area (Å²) in [7, 11) is 4.19. The van der Waals surface area contributed by atoms with Crippen molar-refractivity contribution >= 4 is 17.3 Å². The molecule has 0 saturated heterocycles. The molecule has 0 fully saturated rings. The van der Waals surface area contributed by atoms with E-state index in [9.17, 15) is 0 Å². The Morgan fingerprint density at radius 2 is 1.90 bits per heavy atom. The Morgan fingerprint density at radius 3 is 2.71 bits per heavy atom. The van der Waals surface area contributed by atoms with Crippen LogP contribution in [0, 0.1) is 0 Å². The van der Waals surface area contributed by atoms with Crippen LogP contribution in [0.5, 0.6) is 0 Å². The molecule has 1 aliphatic carbocycles. The lowest BCUT2D eigenvalue weighted by Gasteiger charge is -2.16. The zero-order valence-electron chi connectivity index (χ0n) is 12.6. The van der Waals surface area contributed by atoms with Crippen LogP contribution in [0.4, 0.5) is 5.69 Å². The van der Waals surface area contributed by atoms with Crippen LogP contribution in [0.25, 0.3) is 0 Å². The van der Waals surface area contributed by atoms with Gasteiger partial charge in [0.1, 0.15) is 0 Å². The van der Waals surface area contributed by atoms with Crippen molar-refractivity contribution in [2.24, 2.45) is 0 Å². The standard InChI is InChI=1S/C18H21ClN2/c1-21(2)12-13-4-3-5-17(8-13)20-18-10-14-6-7-16(19)9-15(14)11-18/h3-9,18,20H,10-12H2,1-2H3. The number of hydrogen-bond acceptors (Lipinski definition) is 2.